The van der Waals surface area contributed by atoms with E-state index in [4.69, 9.17) is 0 Å². The second-order valence-corrected chi connectivity index (χ2v) is 5.75. The number of hydrogen-bond acceptors (Lipinski definition) is 3. The third-order valence-electron chi connectivity index (χ3n) is 3.51. The molecule has 0 aromatic carbocycles. The Bertz CT molecular complexity index is 253. The summed E-state index contributed by atoms with van der Waals surface area (Å²) < 4.78 is 0. The van der Waals surface area contributed by atoms with Gasteiger partial charge < -0.3 is 4.90 Å². The molecule has 1 atom stereocenters. The van der Waals surface area contributed by atoms with E-state index in [9.17, 15) is 5.26 Å². The average Bonchev–Trinajstić information content (AvgIpc) is 2.33. The van der Waals surface area contributed by atoms with Gasteiger partial charge in [0.2, 0.25) is 0 Å². The largest absolute Gasteiger partial charge is 0.300 e. The fourth-order valence-electron chi connectivity index (χ4n) is 2.42. The Labute approximate surface area is 114 Å². The normalized spacial score (nSPS) is 15.1. The second kappa shape index (κ2) is 8.50. The fourth-order valence-corrected chi connectivity index (χ4v) is 2.42. The SMILES string of the molecule is CCC(CC)CN(CC)CC(C)(C#N)NC(C)C. The molecule has 0 saturated heterocycles. The molecule has 0 bridgehead atoms. The molecule has 0 aliphatic heterocycles. The zero-order valence-corrected chi connectivity index (χ0v) is 13.1. The van der Waals surface area contributed by atoms with Crippen LogP contribution in [-0.4, -0.2) is 36.1 Å². The summed E-state index contributed by atoms with van der Waals surface area (Å²) in [6, 6.07) is 2.77. The fraction of sp³-hybridized carbons (Fsp3) is 0.933. The lowest BCUT2D eigenvalue weighted by Gasteiger charge is -2.33. The van der Waals surface area contributed by atoms with Crippen LogP contribution in [0, 0.1) is 17.2 Å². The summed E-state index contributed by atoms with van der Waals surface area (Å²) in [4.78, 5) is 2.40. The van der Waals surface area contributed by atoms with Crippen LogP contribution >= 0.6 is 0 Å². The summed E-state index contributed by atoms with van der Waals surface area (Å²) in [6.45, 7) is 15.8. The van der Waals surface area contributed by atoms with Crippen LogP contribution in [0.25, 0.3) is 0 Å². The molecule has 18 heavy (non-hydrogen) atoms. The van der Waals surface area contributed by atoms with Gasteiger partial charge in [-0.2, -0.15) is 5.26 Å². The van der Waals surface area contributed by atoms with Crippen molar-refractivity contribution in [3.05, 3.63) is 0 Å². The highest BCUT2D eigenvalue weighted by Crippen LogP contribution is 2.13. The number of nitriles is 1. The Morgan fingerprint density at radius 1 is 1.22 bits per heavy atom. The van der Waals surface area contributed by atoms with Crippen molar-refractivity contribution in [2.75, 3.05) is 19.6 Å². The first kappa shape index (κ1) is 17.4. The van der Waals surface area contributed by atoms with E-state index >= 15 is 0 Å². The molecule has 0 radical (unpaired) electrons. The van der Waals surface area contributed by atoms with Gasteiger partial charge in [-0.15, -0.1) is 0 Å². The van der Waals surface area contributed by atoms with Gasteiger partial charge in [0.25, 0.3) is 0 Å². The summed E-state index contributed by atoms with van der Waals surface area (Å²) in [7, 11) is 0. The van der Waals surface area contributed by atoms with E-state index in [1.54, 1.807) is 0 Å². The van der Waals surface area contributed by atoms with Gasteiger partial charge in [0.1, 0.15) is 5.54 Å². The number of rotatable bonds is 9. The van der Waals surface area contributed by atoms with Crippen LogP contribution < -0.4 is 5.32 Å². The van der Waals surface area contributed by atoms with Gasteiger partial charge in [-0.05, 0) is 33.2 Å². The van der Waals surface area contributed by atoms with Gasteiger partial charge in [0, 0.05) is 19.1 Å². The van der Waals surface area contributed by atoms with Crippen molar-refractivity contribution in [3.63, 3.8) is 0 Å². The number of nitrogens with zero attached hydrogens (tertiary/aromatic N) is 2. The van der Waals surface area contributed by atoms with Gasteiger partial charge in [0.05, 0.1) is 6.07 Å². The molecule has 3 nitrogen and oxygen atoms in total. The summed E-state index contributed by atoms with van der Waals surface area (Å²) in [6.07, 6.45) is 2.43. The molecule has 0 spiro atoms. The highest BCUT2D eigenvalue weighted by Gasteiger charge is 2.27. The minimum absolute atomic E-state index is 0.335. The zero-order valence-electron chi connectivity index (χ0n) is 13.1. The molecule has 0 fully saturated rings. The van der Waals surface area contributed by atoms with Crippen molar-refractivity contribution < 1.29 is 0 Å². The van der Waals surface area contributed by atoms with Crippen molar-refractivity contribution >= 4 is 0 Å². The first-order chi connectivity index (χ1) is 8.40. The molecule has 0 aliphatic carbocycles. The highest BCUT2D eigenvalue weighted by atomic mass is 15.2. The average molecular weight is 253 g/mol. The Morgan fingerprint density at radius 2 is 1.78 bits per heavy atom. The maximum Gasteiger partial charge on any atom is 0.116 e. The summed E-state index contributed by atoms with van der Waals surface area (Å²) in [5, 5.41) is 12.8. The van der Waals surface area contributed by atoms with Crippen molar-refractivity contribution in [1.82, 2.24) is 10.2 Å². The molecule has 0 amide bonds. The topological polar surface area (TPSA) is 39.1 Å². The van der Waals surface area contributed by atoms with E-state index in [1.807, 2.05) is 6.92 Å². The maximum absolute atomic E-state index is 9.39. The molecule has 0 aromatic rings. The Hall–Kier alpha value is -0.590. The van der Waals surface area contributed by atoms with E-state index in [2.05, 4.69) is 50.9 Å². The minimum Gasteiger partial charge on any atom is -0.300 e. The van der Waals surface area contributed by atoms with Crippen molar-refractivity contribution in [3.8, 4) is 6.07 Å². The molecule has 1 unspecified atom stereocenters. The maximum atomic E-state index is 9.39. The lowest BCUT2D eigenvalue weighted by atomic mass is 9.99. The van der Waals surface area contributed by atoms with Gasteiger partial charge in [-0.1, -0.05) is 33.6 Å². The zero-order chi connectivity index (χ0) is 14.2. The highest BCUT2D eigenvalue weighted by molar-refractivity contribution is 5.06. The first-order valence-electron chi connectivity index (χ1n) is 7.32. The van der Waals surface area contributed by atoms with Crippen molar-refractivity contribution in [1.29, 1.82) is 5.26 Å². The molecular formula is C15H31N3. The lowest BCUT2D eigenvalue weighted by Crippen LogP contribution is -2.53. The number of hydrogen-bond donors (Lipinski definition) is 1. The van der Waals surface area contributed by atoms with E-state index in [-0.39, 0.29) is 0 Å². The number of likely N-dealkylation sites (N-methyl/N-ethyl adjacent to an activating group) is 1. The van der Waals surface area contributed by atoms with Crippen LogP contribution in [0.2, 0.25) is 0 Å². The van der Waals surface area contributed by atoms with Crippen LogP contribution in [0.15, 0.2) is 0 Å². The quantitative estimate of drug-likeness (QED) is 0.686. The molecule has 0 saturated carbocycles. The van der Waals surface area contributed by atoms with Crippen LogP contribution in [-0.2, 0) is 0 Å². The van der Waals surface area contributed by atoms with E-state index in [1.165, 1.54) is 12.8 Å². The first-order valence-corrected chi connectivity index (χ1v) is 7.32. The third kappa shape index (κ3) is 6.37. The van der Waals surface area contributed by atoms with Crippen LogP contribution in [0.4, 0.5) is 0 Å². The molecule has 0 rings (SSSR count). The molecule has 0 heterocycles. The van der Waals surface area contributed by atoms with Gasteiger partial charge in [-0.3, -0.25) is 5.32 Å². The monoisotopic (exact) mass is 253 g/mol. The van der Waals surface area contributed by atoms with E-state index in [0.29, 0.717) is 6.04 Å². The Balaban J connectivity index is 4.53. The third-order valence-corrected chi connectivity index (χ3v) is 3.51. The van der Waals surface area contributed by atoms with E-state index < -0.39 is 5.54 Å². The molecule has 0 aromatic heterocycles. The summed E-state index contributed by atoms with van der Waals surface area (Å²) in [5.74, 6) is 0.743. The molecule has 3 heteroatoms. The van der Waals surface area contributed by atoms with Crippen molar-refractivity contribution in [2.24, 2.45) is 5.92 Å². The second-order valence-electron chi connectivity index (χ2n) is 5.75. The summed E-state index contributed by atoms with van der Waals surface area (Å²) >= 11 is 0. The predicted octanol–water partition coefficient (Wildman–Crippen LogP) is 3.02. The molecule has 1 N–H and O–H groups in total. The van der Waals surface area contributed by atoms with Gasteiger partial charge >= 0.3 is 0 Å². The Kier molecular flexibility index (Phi) is 8.22. The van der Waals surface area contributed by atoms with Gasteiger partial charge in [-0.25, -0.2) is 0 Å². The number of nitrogens with one attached hydrogen (secondary N) is 1. The molecule has 0 aliphatic rings. The van der Waals surface area contributed by atoms with Crippen LogP contribution in [0.3, 0.4) is 0 Å². The van der Waals surface area contributed by atoms with E-state index in [0.717, 1.165) is 25.6 Å². The minimum atomic E-state index is -0.448. The van der Waals surface area contributed by atoms with Crippen LogP contribution in [0.1, 0.15) is 54.4 Å². The molecule has 106 valence electrons. The van der Waals surface area contributed by atoms with Crippen LogP contribution in [0.5, 0.6) is 0 Å². The van der Waals surface area contributed by atoms with Crippen molar-refractivity contribution in [2.45, 2.75) is 66.0 Å². The van der Waals surface area contributed by atoms with Gasteiger partial charge in [0.15, 0.2) is 0 Å². The lowest BCUT2D eigenvalue weighted by molar-refractivity contribution is 0.189. The summed E-state index contributed by atoms with van der Waals surface area (Å²) in [5.41, 5.74) is -0.448. The predicted molar refractivity (Wildman–Crippen MR) is 78.5 cm³/mol. The smallest absolute Gasteiger partial charge is 0.116 e. The standard InChI is InChI=1S/C15H31N3/c1-7-14(8-2)10-18(9-3)12-15(6,11-16)17-13(4)5/h13-14,17H,7-10,12H2,1-6H3. The Morgan fingerprint density at radius 3 is 2.11 bits per heavy atom. The molecular weight excluding hydrogens is 222 g/mol.